The molecule has 0 saturated heterocycles. The van der Waals surface area contributed by atoms with E-state index in [1.165, 1.54) is 0 Å². The zero-order chi connectivity index (χ0) is 12.1. The number of hydrogen-bond donors (Lipinski definition) is 1. The van der Waals surface area contributed by atoms with Gasteiger partial charge in [0.05, 0.1) is 0 Å². The van der Waals surface area contributed by atoms with Gasteiger partial charge in [-0.05, 0) is 47.2 Å². The van der Waals surface area contributed by atoms with E-state index in [-0.39, 0.29) is 0 Å². The van der Waals surface area contributed by atoms with Crippen LogP contribution in [-0.2, 0) is 23.9 Å². The Morgan fingerprint density at radius 1 is 1.19 bits per heavy atom. The van der Waals surface area contributed by atoms with Gasteiger partial charge in [-0.15, -0.1) is 0 Å². The van der Waals surface area contributed by atoms with Crippen LogP contribution in [0.25, 0.3) is 0 Å². The summed E-state index contributed by atoms with van der Waals surface area (Å²) in [5.74, 6) is 0. The molecule has 0 amide bonds. The van der Waals surface area contributed by atoms with Gasteiger partial charge < -0.3 is 10.3 Å². The van der Waals surface area contributed by atoms with Crippen LogP contribution in [0.1, 0.15) is 37.8 Å². The molecule has 1 aromatic rings. The van der Waals surface area contributed by atoms with Gasteiger partial charge in [-0.3, -0.25) is 4.21 Å². The second-order valence-electron chi connectivity index (χ2n) is 3.89. The summed E-state index contributed by atoms with van der Waals surface area (Å²) < 4.78 is 22.0. The average molecular weight is 240 g/mol. The molecule has 0 aliphatic rings. The van der Waals surface area contributed by atoms with Crippen molar-refractivity contribution in [1.29, 1.82) is 0 Å². The Balaban J connectivity index is 3.21. The first-order chi connectivity index (χ1) is 7.60. The van der Waals surface area contributed by atoms with Crippen LogP contribution in [0.15, 0.2) is 17.0 Å². The average Bonchev–Trinajstić information content (AvgIpc) is 2.24. The Morgan fingerprint density at radius 2 is 1.62 bits per heavy atom. The Hall–Kier alpha value is -0.870. The summed E-state index contributed by atoms with van der Waals surface area (Å²) in [4.78, 5) is 0.348. The van der Waals surface area contributed by atoms with Crippen molar-refractivity contribution in [2.45, 2.75) is 44.4 Å². The molecule has 0 radical (unpaired) electrons. The van der Waals surface area contributed by atoms with Crippen molar-refractivity contribution in [3.05, 3.63) is 23.3 Å². The van der Waals surface area contributed by atoms with E-state index < -0.39 is 11.1 Å². The summed E-state index contributed by atoms with van der Waals surface area (Å²) in [6, 6.07) is 3.36. The van der Waals surface area contributed by atoms with Crippen LogP contribution < -0.4 is 5.73 Å². The second-order valence-corrected chi connectivity index (χ2v) is 4.83. The molecule has 0 aliphatic carbocycles. The molecule has 0 aliphatic heterocycles. The van der Waals surface area contributed by atoms with Crippen LogP contribution in [0, 0.1) is 0 Å². The number of aryl methyl sites for hydroxylation is 2. The molecule has 0 heterocycles. The summed E-state index contributed by atoms with van der Waals surface area (Å²) in [5.41, 5.74) is 8.69. The number of nitrogens with two attached hydrogens (primary N) is 1. The maximum absolute atomic E-state index is 11.0. The summed E-state index contributed by atoms with van der Waals surface area (Å²) >= 11 is -2.17. The van der Waals surface area contributed by atoms with Crippen molar-refractivity contribution in [3.8, 4) is 0 Å². The van der Waals surface area contributed by atoms with E-state index in [9.17, 15) is 8.76 Å². The van der Waals surface area contributed by atoms with Gasteiger partial charge in [-0.2, -0.15) is 0 Å². The molecular weight excluding hydrogens is 222 g/mol. The molecule has 1 aromatic carbocycles. The maximum Gasteiger partial charge on any atom is 0.0379 e. The van der Waals surface area contributed by atoms with Crippen molar-refractivity contribution < 1.29 is 8.76 Å². The third-order valence-electron chi connectivity index (χ3n) is 2.56. The van der Waals surface area contributed by atoms with Gasteiger partial charge in [0.2, 0.25) is 0 Å². The largest absolute Gasteiger partial charge is 0.768 e. The lowest BCUT2D eigenvalue weighted by Crippen LogP contribution is -2.03. The highest BCUT2D eigenvalue weighted by molar-refractivity contribution is 7.79. The molecule has 1 rings (SSSR count). The van der Waals surface area contributed by atoms with Gasteiger partial charge in [0, 0.05) is 10.6 Å². The lowest BCUT2D eigenvalue weighted by Gasteiger charge is -2.14. The molecule has 0 bridgehead atoms. The van der Waals surface area contributed by atoms with Crippen molar-refractivity contribution in [2.75, 3.05) is 5.73 Å². The highest BCUT2D eigenvalue weighted by Crippen LogP contribution is 2.24. The molecule has 0 saturated carbocycles. The minimum atomic E-state index is -2.17. The maximum atomic E-state index is 11.0. The van der Waals surface area contributed by atoms with Crippen molar-refractivity contribution >= 4 is 16.8 Å². The van der Waals surface area contributed by atoms with Crippen LogP contribution in [0.2, 0.25) is 0 Å². The van der Waals surface area contributed by atoms with Gasteiger partial charge in [-0.25, -0.2) is 0 Å². The molecule has 1 atom stereocenters. The van der Waals surface area contributed by atoms with Gasteiger partial charge >= 0.3 is 0 Å². The predicted molar refractivity (Wildman–Crippen MR) is 66.0 cm³/mol. The molecule has 4 heteroatoms. The van der Waals surface area contributed by atoms with Crippen LogP contribution in [0.5, 0.6) is 0 Å². The van der Waals surface area contributed by atoms with Crippen molar-refractivity contribution in [1.82, 2.24) is 0 Å². The predicted octanol–water partition coefficient (Wildman–Crippen LogP) is 2.41. The summed E-state index contributed by atoms with van der Waals surface area (Å²) in [5, 5.41) is 0. The number of benzene rings is 1. The third kappa shape index (κ3) is 3.06. The number of anilines is 1. The van der Waals surface area contributed by atoms with Crippen LogP contribution >= 0.6 is 0 Å². The molecule has 0 aromatic heterocycles. The molecule has 3 nitrogen and oxygen atoms in total. The summed E-state index contributed by atoms with van der Waals surface area (Å²) in [6.45, 7) is 4.11. The van der Waals surface area contributed by atoms with E-state index in [4.69, 9.17) is 5.73 Å². The molecule has 0 spiro atoms. The minimum absolute atomic E-state index is 0.348. The van der Waals surface area contributed by atoms with E-state index in [0.29, 0.717) is 4.90 Å². The quantitative estimate of drug-likeness (QED) is 0.635. The first kappa shape index (κ1) is 13.2. The van der Waals surface area contributed by atoms with Crippen molar-refractivity contribution in [2.24, 2.45) is 0 Å². The van der Waals surface area contributed by atoms with Gasteiger partial charge in [-0.1, -0.05) is 26.7 Å². The standard InChI is InChI=1S/C12H19NO2S/c1-3-5-9-7-11(16(14)15)8-10(6-4-2)12(9)13/h7-8H,3-6,13H2,1-2H3,(H,14,15)/p-1. The fourth-order valence-corrected chi connectivity index (χ4v) is 2.27. The van der Waals surface area contributed by atoms with Crippen molar-refractivity contribution in [3.63, 3.8) is 0 Å². The van der Waals surface area contributed by atoms with Crippen LogP contribution in [-0.4, -0.2) is 8.76 Å². The Bertz CT molecular complexity index is 364. The third-order valence-corrected chi connectivity index (χ3v) is 3.18. The number of rotatable bonds is 5. The highest BCUT2D eigenvalue weighted by Gasteiger charge is 2.07. The monoisotopic (exact) mass is 240 g/mol. The first-order valence-electron chi connectivity index (χ1n) is 5.60. The SMILES string of the molecule is CCCc1cc(S(=O)[O-])cc(CCC)c1N. The smallest absolute Gasteiger partial charge is 0.0379 e. The van der Waals surface area contributed by atoms with E-state index in [1.54, 1.807) is 12.1 Å². The lowest BCUT2D eigenvalue weighted by atomic mass is 10.0. The van der Waals surface area contributed by atoms with E-state index in [2.05, 4.69) is 13.8 Å². The molecule has 1 unspecified atom stereocenters. The Labute approximate surface area is 99.3 Å². The lowest BCUT2D eigenvalue weighted by molar-refractivity contribution is 0.537. The number of hydrogen-bond acceptors (Lipinski definition) is 3. The molecule has 16 heavy (non-hydrogen) atoms. The zero-order valence-corrected chi connectivity index (χ0v) is 10.6. The number of nitrogen functional groups attached to an aromatic ring is 1. The minimum Gasteiger partial charge on any atom is -0.768 e. The molecule has 90 valence electrons. The summed E-state index contributed by atoms with van der Waals surface area (Å²) in [6.07, 6.45) is 3.58. The normalized spacial score (nSPS) is 12.7. The summed E-state index contributed by atoms with van der Waals surface area (Å²) in [7, 11) is 0. The Morgan fingerprint density at radius 3 is 1.94 bits per heavy atom. The van der Waals surface area contributed by atoms with E-state index in [1.807, 2.05) is 0 Å². The van der Waals surface area contributed by atoms with E-state index >= 15 is 0 Å². The highest BCUT2D eigenvalue weighted by atomic mass is 32.2. The van der Waals surface area contributed by atoms with Crippen LogP contribution in [0.4, 0.5) is 5.69 Å². The first-order valence-corrected chi connectivity index (χ1v) is 6.68. The second kappa shape index (κ2) is 6.01. The van der Waals surface area contributed by atoms with Gasteiger partial charge in [0.25, 0.3) is 0 Å². The van der Waals surface area contributed by atoms with Gasteiger partial charge in [0.15, 0.2) is 0 Å². The van der Waals surface area contributed by atoms with E-state index in [0.717, 1.165) is 42.5 Å². The molecular formula is C12H18NO2S-. The molecule has 2 N–H and O–H groups in total. The van der Waals surface area contributed by atoms with Gasteiger partial charge in [0.1, 0.15) is 0 Å². The zero-order valence-electron chi connectivity index (χ0n) is 9.79. The topological polar surface area (TPSA) is 66.1 Å². The van der Waals surface area contributed by atoms with Crippen LogP contribution in [0.3, 0.4) is 0 Å². The molecule has 0 fully saturated rings. The fourth-order valence-electron chi connectivity index (χ4n) is 1.80. The Kier molecular flexibility index (Phi) is 4.96. The fraction of sp³-hybridized carbons (Fsp3) is 0.500.